The first kappa shape index (κ1) is 17.4. The molecule has 7 heteroatoms. The van der Waals surface area contributed by atoms with Crippen LogP contribution in [0.5, 0.6) is 5.75 Å². The van der Waals surface area contributed by atoms with E-state index in [4.69, 9.17) is 11.6 Å². The van der Waals surface area contributed by atoms with Crippen molar-refractivity contribution in [2.45, 2.75) is 19.7 Å². The molecule has 1 heterocycles. The molecule has 0 bridgehead atoms. The SMILES string of the molecule is CCc1cc2cccc(Cl)c2c(=O)n1-c1ccc(OC(F)(F)F)cc1. The van der Waals surface area contributed by atoms with E-state index >= 15 is 0 Å². The molecule has 0 N–H and O–H groups in total. The van der Waals surface area contributed by atoms with Gasteiger partial charge in [0.15, 0.2) is 0 Å². The van der Waals surface area contributed by atoms with Gasteiger partial charge in [0.05, 0.1) is 10.4 Å². The first-order chi connectivity index (χ1) is 11.8. The van der Waals surface area contributed by atoms with Gasteiger partial charge in [0.1, 0.15) is 5.75 Å². The molecule has 0 radical (unpaired) electrons. The van der Waals surface area contributed by atoms with Gasteiger partial charge in [0, 0.05) is 11.4 Å². The largest absolute Gasteiger partial charge is 0.573 e. The molecule has 0 aliphatic carbocycles. The highest BCUT2D eigenvalue weighted by atomic mass is 35.5. The van der Waals surface area contributed by atoms with E-state index in [-0.39, 0.29) is 11.3 Å². The smallest absolute Gasteiger partial charge is 0.406 e. The number of ether oxygens (including phenoxy) is 1. The van der Waals surface area contributed by atoms with Crippen LogP contribution in [0.15, 0.2) is 53.3 Å². The molecule has 0 amide bonds. The van der Waals surface area contributed by atoms with Gasteiger partial charge in [-0.3, -0.25) is 9.36 Å². The number of pyridine rings is 1. The third-order valence-electron chi connectivity index (χ3n) is 3.76. The average molecular weight is 368 g/mol. The maximum atomic E-state index is 12.9. The van der Waals surface area contributed by atoms with Gasteiger partial charge < -0.3 is 4.74 Å². The number of aromatic nitrogens is 1. The van der Waals surface area contributed by atoms with Crippen LogP contribution in [-0.2, 0) is 6.42 Å². The van der Waals surface area contributed by atoms with Crippen LogP contribution in [0.2, 0.25) is 5.02 Å². The van der Waals surface area contributed by atoms with Crippen molar-refractivity contribution in [3.63, 3.8) is 0 Å². The summed E-state index contributed by atoms with van der Waals surface area (Å²) in [5.74, 6) is -0.346. The van der Waals surface area contributed by atoms with E-state index in [1.165, 1.54) is 28.8 Å². The topological polar surface area (TPSA) is 31.2 Å². The molecule has 0 aliphatic rings. The van der Waals surface area contributed by atoms with Crippen LogP contribution in [0.1, 0.15) is 12.6 Å². The lowest BCUT2D eigenvalue weighted by Gasteiger charge is -2.15. The molecule has 3 nitrogen and oxygen atoms in total. The Morgan fingerprint density at radius 1 is 1.12 bits per heavy atom. The molecule has 0 fully saturated rings. The number of fused-ring (bicyclic) bond motifs is 1. The van der Waals surface area contributed by atoms with Crippen molar-refractivity contribution >= 4 is 22.4 Å². The number of nitrogens with zero attached hydrogens (tertiary/aromatic N) is 1. The number of aryl methyl sites for hydroxylation is 1. The van der Waals surface area contributed by atoms with Crippen molar-refractivity contribution < 1.29 is 17.9 Å². The second-order valence-corrected chi connectivity index (χ2v) is 5.78. The fourth-order valence-corrected chi connectivity index (χ4v) is 2.98. The summed E-state index contributed by atoms with van der Waals surface area (Å²) < 4.78 is 42.1. The van der Waals surface area contributed by atoms with Gasteiger partial charge in [-0.15, -0.1) is 13.2 Å². The summed E-state index contributed by atoms with van der Waals surface area (Å²) in [6, 6.07) is 12.2. The van der Waals surface area contributed by atoms with Crippen LogP contribution in [0.4, 0.5) is 13.2 Å². The van der Waals surface area contributed by atoms with Crippen LogP contribution in [-0.4, -0.2) is 10.9 Å². The molecule has 0 atom stereocenters. The van der Waals surface area contributed by atoms with Crippen LogP contribution >= 0.6 is 11.6 Å². The Bertz CT molecular complexity index is 979. The first-order valence-corrected chi connectivity index (χ1v) is 7.87. The van der Waals surface area contributed by atoms with Crippen LogP contribution < -0.4 is 10.3 Å². The molecule has 3 rings (SSSR count). The molecule has 0 saturated carbocycles. The molecule has 130 valence electrons. The summed E-state index contributed by atoms with van der Waals surface area (Å²) in [4.78, 5) is 12.9. The van der Waals surface area contributed by atoms with Gasteiger partial charge in [-0.05, 0) is 48.2 Å². The zero-order valence-corrected chi connectivity index (χ0v) is 13.9. The molecular weight excluding hydrogens is 355 g/mol. The maximum absolute atomic E-state index is 12.9. The fraction of sp³-hybridized carbons (Fsp3) is 0.167. The monoisotopic (exact) mass is 367 g/mol. The first-order valence-electron chi connectivity index (χ1n) is 7.49. The highest BCUT2D eigenvalue weighted by molar-refractivity contribution is 6.35. The minimum absolute atomic E-state index is 0.315. The molecule has 0 spiro atoms. The van der Waals surface area contributed by atoms with Crippen LogP contribution in [0.25, 0.3) is 16.5 Å². The highest BCUT2D eigenvalue weighted by Gasteiger charge is 2.31. The number of hydrogen-bond acceptors (Lipinski definition) is 2. The minimum Gasteiger partial charge on any atom is -0.406 e. The summed E-state index contributed by atoms with van der Waals surface area (Å²) in [5, 5.41) is 1.43. The van der Waals surface area contributed by atoms with E-state index in [2.05, 4.69) is 4.74 Å². The quantitative estimate of drug-likeness (QED) is 0.644. The second kappa shape index (κ2) is 6.44. The fourth-order valence-electron chi connectivity index (χ4n) is 2.71. The van der Waals surface area contributed by atoms with Crippen LogP contribution in [0, 0.1) is 0 Å². The van der Waals surface area contributed by atoms with E-state index in [0.717, 1.165) is 11.1 Å². The van der Waals surface area contributed by atoms with Gasteiger partial charge in [-0.25, -0.2) is 0 Å². The molecule has 1 aromatic heterocycles. The predicted molar refractivity (Wildman–Crippen MR) is 90.6 cm³/mol. The molecule has 2 aromatic carbocycles. The third-order valence-corrected chi connectivity index (χ3v) is 4.08. The molecular formula is C18H13ClF3NO2. The van der Waals surface area contributed by atoms with Gasteiger partial charge in [-0.1, -0.05) is 30.7 Å². The normalized spacial score (nSPS) is 11.7. The summed E-state index contributed by atoms with van der Waals surface area (Å²) in [6.07, 6.45) is -4.19. The van der Waals surface area contributed by atoms with Crippen LogP contribution in [0.3, 0.4) is 0 Å². The summed E-state index contributed by atoms with van der Waals surface area (Å²) in [5.41, 5.74) is 0.854. The molecule has 0 saturated heterocycles. The number of hydrogen-bond donors (Lipinski definition) is 0. The van der Waals surface area contributed by atoms with E-state index in [9.17, 15) is 18.0 Å². The Kier molecular flexibility index (Phi) is 4.47. The Balaban J connectivity index is 2.16. The summed E-state index contributed by atoms with van der Waals surface area (Å²) in [7, 11) is 0. The van der Waals surface area contributed by atoms with E-state index in [1.54, 1.807) is 18.2 Å². The Labute approximate surface area is 146 Å². The molecule has 0 aliphatic heterocycles. The Morgan fingerprint density at radius 2 is 1.80 bits per heavy atom. The van der Waals surface area contributed by atoms with E-state index in [0.29, 0.717) is 22.5 Å². The van der Waals surface area contributed by atoms with Crippen molar-refractivity contribution in [2.75, 3.05) is 0 Å². The number of rotatable bonds is 3. The standard InChI is InChI=1S/C18H13ClF3NO2/c1-2-12-10-11-4-3-5-15(19)16(11)17(24)23(12)13-6-8-14(9-7-13)25-18(20,21)22/h3-10H,2H2,1H3. The maximum Gasteiger partial charge on any atom is 0.573 e. The molecule has 25 heavy (non-hydrogen) atoms. The Morgan fingerprint density at radius 3 is 2.40 bits per heavy atom. The van der Waals surface area contributed by atoms with Crippen molar-refractivity contribution in [3.8, 4) is 11.4 Å². The second-order valence-electron chi connectivity index (χ2n) is 5.38. The zero-order chi connectivity index (χ0) is 18.2. The minimum atomic E-state index is -4.76. The lowest BCUT2D eigenvalue weighted by atomic mass is 10.1. The highest BCUT2D eigenvalue weighted by Crippen LogP contribution is 2.26. The lowest BCUT2D eigenvalue weighted by molar-refractivity contribution is -0.274. The number of alkyl halides is 3. The lowest BCUT2D eigenvalue weighted by Crippen LogP contribution is -2.22. The predicted octanol–water partition coefficient (Wildman–Crippen LogP) is 5.11. The Hall–Kier alpha value is -2.47. The van der Waals surface area contributed by atoms with Crippen molar-refractivity contribution in [1.29, 1.82) is 0 Å². The number of benzene rings is 2. The average Bonchev–Trinajstić information content (AvgIpc) is 2.54. The van der Waals surface area contributed by atoms with Crippen molar-refractivity contribution in [1.82, 2.24) is 4.57 Å². The third kappa shape index (κ3) is 3.49. The van der Waals surface area contributed by atoms with Crippen molar-refractivity contribution in [2.24, 2.45) is 0 Å². The van der Waals surface area contributed by atoms with Gasteiger partial charge in [0.2, 0.25) is 0 Å². The van der Waals surface area contributed by atoms with E-state index in [1.807, 2.05) is 13.0 Å². The van der Waals surface area contributed by atoms with Gasteiger partial charge in [-0.2, -0.15) is 0 Å². The summed E-state index contributed by atoms with van der Waals surface area (Å²) in [6.45, 7) is 1.89. The molecule has 0 unspecified atom stereocenters. The van der Waals surface area contributed by atoms with Crippen molar-refractivity contribution in [3.05, 3.63) is 69.6 Å². The van der Waals surface area contributed by atoms with E-state index < -0.39 is 6.36 Å². The number of halogens is 4. The van der Waals surface area contributed by atoms with Gasteiger partial charge in [0.25, 0.3) is 5.56 Å². The summed E-state index contributed by atoms with van der Waals surface area (Å²) >= 11 is 6.16. The zero-order valence-electron chi connectivity index (χ0n) is 13.1. The van der Waals surface area contributed by atoms with Gasteiger partial charge >= 0.3 is 6.36 Å². The molecule has 3 aromatic rings.